The summed E-state index contributed by atoms with van der Waals surface area (Å²) in [7, 11) is 0. The van der Waals surface area contributed by atoms with Crippen molar-refractivity contribution >= 4 is 0 Å². The Morgan fingerprint density at radius 2 is 2.00 bits per heavy atom. The van der Waals surface area contributed by atoms with Crippen LogP contribution in [0.15, 0.2) is 0 Å². The molecule has 0 aromatic heterocycles. The van der Waals surface area contributed by atoms with Crippen LogP contribution in [0, 0.1) is 5.41 Å². The molecular formula is C16H32N2O. The van der Waals surface area contributed by atoms with Gasteiger partial charge in [-0.1, -0.05) is 20.8 Å². The molecule has 0 saturated heterocycles. The van der Waals surface area contributed by atoms with Gasteiger partial charge in [-0.05, 0) is 39.2 Å². The van der Waals surface area contributed by atoms with Gasteiger partial charge in [-0.15, -0.1) is 0 Å². The minimum Gasteiger partial charge on any atom is -0.378 e. The summed E-state index contributed by atoms with van der Waals surface area (Å²) in [5, 5.41) is 3.77. The second kappa shape index (κ2) is 6.55. The Labute approximate surface area is 119 Å². The zero-order chi connectivity index (χ0) is 13.9. The lowest BCUT2D eigenvalue weighted by Crippen LogP contribution is -2.62. The van der Waals surface area contributed by atoms with Crippen molar-refractivity contribution in [3.63, 3.8) is 0 Å². The molecule has 3 heteroatoms. The highest BCUT2D eigenvalue weighted by Crippen LogP contribution is 2.45. The van der Waals surface area contributed by atoms with E-state index < -0.39 is 0 Å². The average Bonchev–Trinajstić information content (AvgIpc) is 3.24. The molecule has 0 spiro atoms. The smallest absolute Gasteiger partial charge is 0.0658 e. The predicted molar refractivity (Wildman–Crippen MR) is 80.5 cm³/mol. The number of likely N-dealkylation sites (N-methyl/N-ethyl adjacent to an activating group) is 1. The fourth-order valence-electron chi connectivity index (χ4n) is 3.49. The fraction of sp³-hybridized carbons (Fsp3) is 1.00. The molecule has 1 N–H and O–H groups in total. The van der Waals surface area contributed by atoms with Gasteiger partial charge in [0.05, 0.1) is 6.10 Å². The summed E-state index contributed by atoms with van der Waals surface area (Å²) < 4.78 is 5.86. The molecule has 3 unspecified atom stereocenters. The molecule has 0 radical (unpaired) electrons. The van der Waals surface area contributed by atoms with Crippen LogP contribution in [-0.2, 0) is 4.74 Å². The first-order chi connectivity index (χ1) is 9.15. The molecule has 2 saturated carbocycles. The molecule has 2 fully saturated rings. The van der Waals surface area contributed by atoms with Gasteiger partial charge in [-0.3, -0.25) is 4.90 Å². The largest absolute Gasteiger partial charge is 0.378 e. The molecule has 0 bridgehead atoms. The van der Waals surface area contributed by atoms with Gasteiger partial charge in [0.15, 0.2) is 0 Å². The fourth-order valence-corrected chi connectivity index (χ4v) is 3.49. The van der Waals surface area contributed by atoms with Crippen LogP contribution in [0.2, 0.25) is 0 Å². The van der Waals surface area contributed by atoms with E-state index in [9.17, 15) is 0 Å². The zero-order valence-corrected chi connectivity index (χ0v) is 13.2. The highest BCUT2D eigenvalue weighted by Gasteiger charge is 2.50. The van der Waals surface area contributed by atoms with Crippen molar-refractivity contribution in [2.75, 3.05) is 26.2 Å². The van der Waals surface area contributed by atoms with E-state index in [2.05, 4.69) is 37.9 Å². The lowest BCUT2D eigenvalue weighted by atomic mass is 9.61. The molecule has 19 heavy (non-hydrogen) atoms. The van der Waals surface area contributed by atoms with Gasteiger partial charge >= 0.3 is 0 Å². The van der Waals surface area contributed by atoms with E-state index in [-0.39, 0.29) is 0 Å². The molecule has 2 aliphatic rings. The Balaban J connectivity index is 1.71. The summed E-state index contributed by atoms with van der Waals surface area (Å²) in [6, 6.07) is 1.54. The summed E-state index contributed by atoms with van der Waals surface area (Å²) in [5.74, 6) is 0. The molecule has 2 aliphatic carbocycles. The molecule has 0 aromatic rings. The minimum absolute atomic E-state index is 0.340. The average molecular weight is 268 g/mol. The van der Waals surface area contributed by atoms with Gasteiger partial charge in [0.1, 0.15) is 0 Å². The third-order valence-electron chi connectivity index (χ3n) is 5.37. The molecule has 0 amide bonds. The molecule has 0 heterocycles. The van der Waals surface area contributed by atoms with E-state index in [1.54, 1.807) is 0 Å². The molecule has 3 atom stereocenters. The third kappa shape index (κ3) is 3.32. The van der Waals surface area contributed by atoms with E-state index in [1.807, 2.05) is 0 Å². The van der Waals surface area contributed by atoms with E-state index >= 15 is 0 Å². The normalized spacial score (nSPS) is 34.6. The van der Waals surface area contributed by atoms with Gasteiger partial charge < -0.3 is 10.1 Å². The quantitative estimate of drug-likeness (QED) is 0.696. The predicted octanol–water partition coefficient (Wildman–Crippen LogP) is 2.65. The molecule has 0 aliphatic heterocycles. The second-order valence-corrected chi connectivity index (χ2v) is 6.41. The zero-order valence-electron chi connectivity index (χ0n) is 13.2. The van der Waals surface area contributed by atoms with Crippen LogP contribution in [0.25, 0.3) is 0 Å². The summed E-state index contributed by atoms with van der Waals surface area (Å²) in [6.45, 7) is 13.4. The summed E-state index contributed by atoms with van der Waals surface area (Å²) in [4.78, 5) is 2.62. The SMILES string of the molecule is CCOC1CC(NCCN(CC)C2CC2)C1(C)CC. The highest BCUT2D eigenvalue weighted by molar-refractivity contribution is 5.04. The number of hydrogen-bond acceptors (Lipinski definition) is 3. The number of hydrogen-bond donors (Lipinski definition) is 1. The Morgan fingerprint density at radius 1 is 1.26 bits per heavy atom. The summed E-state index contributed by atoms with van der Waals surface area (Å²) >= 11 is 0. The Hall–Kier alpha value is -0.120. The molecule has 2 rings (SSSR count). The van der Waals surface area contributed by atoms with Crippen molar-refractivity contribution in [1.82, 2.24) is 10.2 Å². The first-order valence-corrected chi connectivity index (χ1v) is 8.24. The van der Waals surface area contributed by atoms with Gasteiger partial charge in [-0.25, -0.2) is 0 Å². The van der Waals surface area contributed by atoms with Crippen LogP contribution in [0.4, 0.5) is 0 Å². The van der Waals surface area contributed by atoms with Crippen molar-refractivity contribution in [2.45, 2.75) is 71.6 Å². The monoisotopic (exact) mass is 268 g/mol. The molecule has 0 aromatic carbocycles. The van der Waals surface area contributed by atoms with Crippen molar-refractivity contribution in [3.05, 3.63) is 0 Å². The lowest BCUT2D eigenvalue weighted by Gasteiger charge is -2.54. The summed E-state index contributed by atoms with van der Waals surface area (Å²) in [5.41, 5.74) is 0.340. The lowest BCUT2D eigenvalue weighted by molar-refractivity contribution is -0.125. The number of nitrogens with zero attached hydrogens (tertiary/aromatic N) is 1. The van der Waals surface area contributed by atoms with Crippen LogP contribution in [-0.4, -0.2) is 49.3 Å². The van der Waals surface area contributed by atoms with Crippen molar-refractivity contribution in [3.8, 4) is 0 Å². The Kier molecular flexibility index (Phi) is 5.27. The van der Waals surface area contributed by atoms with Gasteiger partial charge in [0.2, 0.25) is 0 Å². The van der Waals surface area contributed by atoms with E-state index in [1.165, 1.54) is 38.8 Å². The summed E-state index contributed by atoms with van der Waals surface area (Å²) in [6.07, 6.45) is 5.68. The Morgan fingerprint density at radius 3 is 2.53 bits per heavy atom. The van der Waals surface area contributed by atoms with Crippen LogP contribution in [0.3, 0.4) is 0 Å². The van der Waals surface area contributed by atoms with Gasteiger partial charge in [-0.2, -0.15) is 0 Å². The van der Waals surface area contributed by atoms with E-state index in [0.29, 0.717) is 17.6 Å². The number of ether oxygens (including phenoxy) is 1. The molecule has 112 valence electrons. The van der Waals surface area contributed by atoms with E-state index in [0.717, 1.165) is 19.2 Å². The van der Waals surface area contributed by atoms with Gasteiger partial charge in [0, 0.05) is 37.2 Å². The maximum atomic E-state index is 5.86. The second-order valence-electron chi connectivity index (χ2n) is 6.41. The van der Waals surface area contributed by atoms with Crippen LogP contribution >= 0.6 is 0 Å². The van der Waals surface area contributed by atoms with Crippen molar-refractivity contribution in [1.29, 1.82) is 0 Å². The van der Waals surface area contributed by atoms with Crippen LogP contribution < -0.4 is 5.32 Å². The highest BCUT2D eigenvalue weighted by atomic mass is 16.5. The first-order valence-electron chi connectivity index (χ1n) is 8.24. The maximum absolute atomic E-state index is 5.86. The minimum atomic E-state index is 0.340. The first kappa shape index (κ1) is 15.3. The standard InChI is InChI=1S/C16H32N2O/c1-5-16(4)14(12-15(16)19-7-3)17-10-11-18(6-2)13-8-9-13/h13-15,17H,5-12H2,1-4H3. The maximum Gasteiger partial charge on any atom is 0.0658 e. The molecule has 3 nitrogen and oxygen atoms in total. The van der Waals surface area contributed by atoms with Crippen molar-refractivity contribution in [2.24, 2.45) is 5.41 Å². The van der Waals surface area contributed by atoms with E-state index in [4.69, 9.17) is 4.74 Å². The van der Waals surface area contributed by atoms with Crippen molar-refractivity contribution < 1.29 is 4.74 Å². The number of nitrogens with one attached hydrogen (secondary N) is 1. The Bertz CT molecular complexity index is 280. The van der Waals surface area contributed by atoms with Crippen LogP contribution in [0.1, 0.15) is 53.4 Å². The topological polar surface area (TPSA) is 24.5 Å². The molecular weight excluding hydrogens is 236 g/mol. The van der Waals surface area contributed by atoms with Gasteiger partial charge in [0.25, 0.3) is 0 Å². The third-order valence-corrected chi connectivity index (χ3v) is 5.37. The number of rotatable bonds is 9. The van der Waals surface area contributed by atoms with Crippen LogP contribution in [0.5, 0.6) is 0 Å².